The van der Waals surface area contributed by atoms with Crippen molar-refractivity contribution in [2.45, 2.75) is 26.3 Å². The van der Waals surface area contributed by atoms with E-state index >= 15 is 0 Å². The van der Waals surface area contributed by atoms with Crippen LogP contribution >= 0.6 is 24.8 Å². The normalized spacial score (nSPS) is 12.0. The van der Waals surface area contributed by atoms with Crippen LogP contribution in [-0.2, 0) is 0 Å². The highest BCUT2D eigenvalue weighted by molar-refractivity contribution is 5.85. The molecule has 4 heteroatoms. The first-order valence-electron chi connectivity index (χ1n) is 5.02. The Morgan fingerprint density at radius 2 is 1.81 bits per heavy atom. The number of nitrogens with zero attached hydrogens (tertiary/aromatic N) is 1. The molecule has 0 fully saturated rings. The van der Waals surface area contributed by atoms with Crippen molar-refractivity contribution >= 4 is 30.9 Å². The number of hydrogen-bond acceptors (Lipinski definition) is 2. The fraction of sp³-hybridized carbons (Fsp3) is 0.417. The number of pyridine rings is 1. The van der Waals surface area contributed by atoms with Gasteiger partial charge in [-0.3, -0.25) is 4.98 Å². The Labute approximate surface area is 110 Å². The van der Waals surface area contributed by atoms with Gasteiger partial charge in [-0.1, -0.05) is 26.0 Å². The predicted octanol–water partition coefficient (Wildman–Crippen LogP) is 3.31. The second-order valence-electron chi connectivity index (χ2n) is 3.93. The zero-order chi connectivity index (χ0) is 10.4. The average Bonchev–Trinajstić information content (AvgIpc) is 2.15. The predicted molar refractivity (Wildman–Crippen MR) is 75.2 cm³/mol. The quantitative estimate of drug-likeness (QED) is 0.905. The maximum atomic E-state index is 5.92. The molecule has 0 bridgehead atoms. The van der Waals surface area contributed by atoms with Gasteiger partial charge in [-0.05, 0) is 30.0 Å². The summed E-state index contributed by atoms with van der Waals surface area (Å²) in [4.78, 5) is 3.96. The smallest absolute Gasteiger partial charge is 0.0273 e. The van der Waals surface area contributed by atoms with Crippen molar-refractivity contribution < 1.29 is 0 Å². The monoisotopic (exact) mass is 262 g/mol. The summed E-state index contributed by atoms with van der Waals surface area (Å²) in [6, 6.07) is 4.10. The molecule has 0 aliphatic rings. The maximum Gasteiger partial charge on any atom is 0.0273 e. The van der Waals surface area contributed by atoms with Crippen molar-refractivity contribution in [1.29, 1.82) is 0 Å². The first kappa shape index (κ1) is 17.8. The van der Waals surface area contributed by atoms with E-state index in [1.165, 1.54) is 0 Å². The van der Waals surface area contributed by atoms with Crippen LogP contribution in [0.2, 0.25) is 0 Å². The summed E-state index contributed by atoms with van der Waals surface area (Å²) in [5.41, 5.74) is 7.07. The fourth-order valence-corrected chi connectivity index (χ4v) is 1.33. The van der Waals surface area contributed by atoms with Crippen molar-refractivity contribution in [1.82, 2.24) is 4.98 Å². The number of nitrogens with two attached hydrogens (primary N) is 1. The van der Waals surface area contributed by atoms with E-state index in [4.69, 9.17) is 5.73 Å². The zero-order valence-corrected chi connectivity index (χ0v) is 11.3. The van der Waals surface area contributed by atoms with Gasteiger partial charge in [0.25, 0.3) is 0 Å². The van der Waals surface area contributed by atoms with Crippen LogP contribution in [-0.4, -0.2) is 11.0 Å². The van der Waals surface area contributed by atoms with Crippen LogP contribution in [0.15, 0.2) is 30.6 Å². The molecular formula is C12H20Cl2N2. The van der Waals surface area contributed by atoms with Gasteiger partial charge in [0.2, 0.25) is 0 Å². The molecule has 0 aromatic carbocycles. The van der Waals surface area contributed by atoms with Crippen LogP contribution in [0.3, 0.4) is 0 Å². The van der Waals surface area contributed by atoms with Gasteiger partial charge in [-0.2, -0.15) is 0 Å². The lowest BCUT2D eigenvalue weighted by Crippen LogP contribution is -2.18. The number of aromatic nitrogens is 1. The zero-order valence-electron chi connectivity index (χ0n) is 9.67. The third kappa shape index (κ3) is 7.69. The van der Waals surface area contributed by atoms with E-state index in [1.54, 1.807) is 12.4 Å². The van der Waals surface area contributed by atoms with Gasteiger partial charge in [0, 0.05) is 18.4 Å². The van der Waals surface area contributed by atoms with Crippen LogP contribution in [0.5, 0.6) is 0 Å². The Kier molecular flexibility index (Phi) is 10.7. The van der Waals surface area contributed by atoms with E-state index in [9.17, 15) is 0 Å². The van der Waals surface area contributed by atoms with Gasteiger partial charge in [0.15, 0.2) is 0 Å². The highest BCUT2D eigenvalue weighted by Crippen LogP contribution is 2.06. The van der Waals surface area contributed by atoms with Crippen LogP contribution in [0.25, 0.3) is 6.08 Å². The Morgan fingerprint density at radius 1 is 1.25 bits per heavy atom. The fourth-order valence-electron chi connectivity index (χ4n) is 1.33. The van der Waals surface area contributed by atoms with E-state index in [2.05, 4.69) is 31.0 Å². The molecule has 2 N–H and O–H groups in total. The Morgan fingerprint density at radius 3 is 2.31 bits per heavy atom. The Hall–Kier alpha value is -0.570. The topological polar surface area (TPSA) is 38.9 Å². The lowest BCUT2D eigenvalue weighted by atomic mass is 10.0. The number of halogens is 2. The molecule has 0 radical (unpaired) electrons. The van der Waals surface area contributed by atoms with E-state index in [-0.39, 0.29) is 30.9 Å². The lowest BCUT2D eigenvalue weighted by Gasteiger charge is -2.08. The first-order valence-corrected chi connectivity index (χ1v) is 5.02. The maximum absolute atomic E-state index is 5.92. The van der Waals surface area contributed by atoms with E-state index in [0.29, 0.717) is 5.92 Å². The summed E-state index contributed by atoms with van der Waals surface area (Å²) < 4.78 is 0. The molecule has 0 spiro atoms. The molecule has 92 valence electrons. The van der Waals surface area contributed by atoms with Crippen molar-refractivity contribution in [2.24, 2.45) is 11.7 Å². The summed E-state index contributed by atoms with van der Waals surface area (Å²) in [6.45, 7) is 4.36. The van der Waals surface area contributed by atoms with Crippen LogP contribution in [0.1, 0.15) is 25.8 Å². The van der Waals surface area contributed by atoms with Gasteiger partial charge in [-0.15, -0.1) is 24.8 Å². The third-order valence-electron chi connectivity index (χ3n) is 1.99. The molecule has 2 nitrogen and oxygen atoms in total. The van der Waals surface area contributed by atoms with E-state index in [0.717, 1.165) is 12.0 Å². The second-order valence-corrected chi connectivity index (χ2v) is 3.93. The van der Waals surface area contributed by atoms with E-state index in [1.807, 2.05) is 12.1 Å². The molecular weight excluding hydrogens is 243 g/mol. The van der Waals surface area contributed by atoms with Crippen LogP contribution in [0, 0.1) is 5.92 Å². The molecule has 1 heterocycles. The largest absolute Gasteiger partial charge is 0.324 e. The van der Waals surface area contributed by atoms with Gasteiger partial charge in [-0.25, -0.2) is 0 Å². The molecule has 0 amide bonds. The molecule has 16 heavy (non-hydrogen) atoms. The standard InChI is InChI=1S/C12H18N2.2ClH/c1-10(2)9-12(13)4-3-11-5-7-14-8-6-11;;/h3-8,10,12H,9,13H2,1-2H3;2*1H/b4-3+;;. The first-order chi connectivity index (χ1) is 6.68. The number of hydrogen-bond donors (Lipinski definition) is 1. The third-order valence-corrected chi connectivity index (χ3v) is 1.99. The molecule has 0 saturated carbocycles. The van der Waals surface area contributed by atoms with Crippen molar-refractivity contribution in [3.8, 4) is 0 Å². The summed E-state index contributed by atoms with van der Waals surface area (Å²) in [5, 5.41) is 0. The van der Waals surface area contributed by atoms with Crippen molar-refractivity contribution in [3.05, 3.63) is 36.2 Å². The van der Waals surface area contributed by atoms with Crippen LogP contribution < -0.4 is 5.73 Å². The number of rotatable bonds is 4. The van der Waals surface area contributed by atoms with Crippen molar-refractivity contribution in [3.63, 3.8) is 0 Å². The van der Waals surface area contributed by atoms with Crippen molar-refractivity contribution in [2.75, 3.05) is 0 Å². The van der Waals surface area contributed by atoms with Gasteiger partial charge in [0.1, 0.15) is 0 Å². The molecule has 0 saturated heterocycles. The van der Waals surface area contributed by atoms with Gasteiger partial charge < -0.3 is 5.73 Å². The average molecular weight is 263 g/mol. The molecule has 0 aliphatic carbocycles. The molecule has 1 aromatic heterocycles. The second kappa shape index (κ2) is 9.64. The van der Waals surface area contributed by atoms with E-state index < -0.39 is 0 Å². The summed E-state index contributed by atoms with van der Waals surface area (Å²) >= 11 is 0. The minimum atomic E-state index is 0. The SMILES string of the molecule is CC(C)CC(N)/C=C/c1ccncc1.Cl.Cl. The van der Waals surface area contributed by atoms with Gasteiger partial charge >= 0.3 is 0 Å². The molecule has 0 aliphatic heterocycles. The molecule has 1 rings (SSSR count). The minimum absolute atomic E-state index is 0. The summed E-state index contributed by atoms with van der Waals surface area (Å²) in [6.07, 6.45) is 8.70. The minimum Gasteiger partial charge on any atom is -0.324 e. The van der Waals surface area contributed by atoms with Crippen LogP contribution in [0.4, 0.5) is 0 Å². The highest BCUT2D eigenvalue weighted by Gasteiger charge is 2.00. The molecule has 1 atom stereocenters. The van der Waals surface area contributed by atoms with Gasteiger partial charge in [0.05, 0.1) is 0 Å². The highest BCUT2D eigenvalue weighted by atomic mass is 35.5. The Balaban J connectivity index is 0. The summed E-state index contributed by atoms with van der Waals surface area (Å²) in [5.74, 6) is 0.645. The lowest BCUT2D eigenvalue weighted by molar-refractivity contribution is 0.547. The molecule has 1 aromatic rings. The Bertz CT molecular complexity index is 286. The summed E-state index contributed by atoms with van der Waals surface area (Å²) in [7, 11) is 0. The molecule has 1 unspecified atom stereocenters.